The Bertz CT molecular complexity index is 1200. The van der Waals surface area contributed by atoms with Crippen LogP contribution < -0.4 is 10.1 Å². The van der Waals surface area contributed by atoms with E-state index in [9.17, 15) is 17.6 Å². The second-order valence-electron chi connectivity index (χ2n) is 6.91. The van der Waals surface area contributed by atoms with Gasteiger partial charge in [-0.15, -0.1) is 0 Å². The Labute approximate surface area is 177 Å². The fraction of sp³-hybridized carbons (Fsp3) is 0.300. The van der Waals surface area contributed by atoms with Crippen molar-refractivity contribution in [2.75, 3.05) is 25.5 Å². The average Bonchev–Trinajstić information content (AvgIpc) is 3.15. The van der Waals surface area contributed by atoms with Crippen LogP contribution in [0.15, 0.2) is 41.3 Å². The average molecular weight is 450 g/mol. The van der Waals surface area contributed by atoms with Crippen LogP contribution in [-0.4, -0.2) is 43.8 Å². The number of carbonyl (C=O) groups is 1. The molecule has 1 amide bonds. The molecule has 7 nitrogen and oxygen atoms in total. The summed E-state index contributed by atoms with van der Waals surface area (Å²) in [5.41, 5.74) is 0.645. The van der Waals surface area contributed by atoms with E-state index in [1.54, 1.807) is 0 Å². The summed E-state index contributed by atoms with van der Waals surface area (Å²) in [6.07, 6.45) is 2.65. The molecule has 0 bridgehead atoms. The number of nitrogens with zero attached hydrogens (tertiary/aromatic N) is 2. The molecule has 2 heterocycles. The number of hydrogen-bond donors (Lipinski definition) is 1. The maximum Gasteiger partial charge on any atom is 0.261 e. The third kappa shape index (κ3) is 4.03. The lowest BCUT2D eigenvalue weighted by atomic mass is 10.2. The first kappa shape index (κ1) is 20.7. The van der Waals surface area contributed by atoms with Crippen LogP contribution in [-0.2, 0) is 10.0 Å². The molecule has 1 aliphatic heterocycles. The summed E-state index contributed by atoms with van der Waals surface area (Å²) in [5.74, 6) is -0.694. The molecule has 0 saturated carbocycles. The SMILES string of the molecule is COc1ccc(S(=O)(=O)N2CCCCC2)cc1C(=O)Nc1nc2ccc(F)cc2s1. The van der Waals surface area contributed by atoms with Crippen LogP contribution in [0.2, 0.25) is 0 Å². The minimum absolute atomic E-state index is 0.0433. The van der Waals surface area contributed by atoms with Gasteiger partial charge in [-0.05, 0) is 49.2 Å². The van der Waals surface area contributed by atoms with Crippen LogP contribution >= 0.6 is 11.3 Å². The quantitative estimate of drug-likeness (QED) is 0.639. The number of fused-ring (bicyclic) bond motifs is 1. The molecule has 1 N–H and O–H groups in total. The van der Waals surface area contributed by atoms with E-state index >= 15 is 0 Å². The highest BCUT2D eigenvalue weighted by Crippen LogP contribution is 2.30. The minimum atomic E-state index is -3.70. The molecule has 4 rings (SSSR count). The number of sulfonamides is 1. The third-order valence-electron chi connectivity index (χ3n) is 4.94. The van der Waals surface area contributed by atoms with Crippen molar-refractivity contribution < 1.29 is 22.3 Å². The van der Waals surface area contributed by atoms with E-state index in [1.807, 2.05) is 0 Å². The van der Waals surface area contributed by atoms with Gasteiger partial charge in [-0.1, -0.05) is 17.8 Å². The topological polar surface area (TPSA) is 88.6 Å². The van der Waals surface area contributed by atoms with Gasteiger partial charge in [-0.3, -0.25) is 10.1 Å². The maximum atomic E-state index is 13.4. The zero-order valence-electron chi connectivity index (χ0n) is 16.2. The van der Waals surface area contributed by atoms with Crippen molar-refractivity contribution >= 4 is 42.6 Å². The second kappa shape index (κ2) is 8.29. The molecule has 1 aromatic heterocycles. The Hall–Kier alpha value is -2.56. The van der Waals surface area contributed by atoms with E-state index < -0.39 is 15.9 Å². The lowest BCUT2D eigenvalue weighted by Crippen LogP contribution is -2.35. The van der Waals surface area contributed by atoms with Crippen LogP contribution in [0, 0.1) is 5.82 Å². The van der Waals surface area contributed by atoms with E-state index in [1.165, 1.54) is 47.8 Å². The highest BCUT2D eigenvalue weighted by Gasteiger charge is 2.28. The van der Waals surface area contributed by atoms with E-state index in [0.29, 0.717) is 23.3 Å². The number of thiazole rings is 1. The van der Waals surface area contributed by atoms with Gasteiger partial charge in [0.1, 0.15) is 11.6 Å². The summed E-state index contributed by atoms with van der Waals surface area (Å²) in [6, 6.07) is 8.41. The first-order valence-electron chi connectivity index (χ1n) is 9.44. The van der Waals surface area contributed by atoms with Gasteiger partial charge < -0.3 is 4.74 Å². The van der Waals surface area contributed by atoms with Gasteiger partial charge in [0.05, 0.1) is 27.8 Å². The van der Waals surface area contributed by atoms with Crippen molar-refractivity contribution in [1.29, 1.82) is 0 Å². The number of anilines is 1. The van der Waals surface area contributed by atoms with E-state index in [-0.39, 0.29) is 27.2 Å². The first-order valence-corrected chi connectivity index (χ1v) is 11.7. The number of amides is 1. The summed E-state index contributed by atoms with van der Waals surface area (Å²) in [7, 11) is -2.29. The lowest BCUT2D eigenvalue weighted by molar-refractivity contribution is 0.102. The summed E-state index contributed by atoms with van der Waals surface area (Å²) >= 11 is 1.13. The van der Waals surface area contributed by atoms with Crippen molar-refractivity contribution in [3.63, 3.8) is 0 Å². The van der Waals surface area contributed by atoms with Crippen molar-refractivity contribution in [2.24, 2.45) is 0 Å². The zero-order valence-corrected chi connectivity index (χ0v) is 17.9. The fourth-order valence-electron chi connectivity index (χ4n) is 3.40. The molecule has 0 unspecified atom stereocenters. The first-order chi connectivity index (χ1) is 14.4. The third-order valence-corrected chi connectivity index (χ3v) is 7.77. The highest BCUT2D eigenvalue weighted by atomic mass is 32.2. The smallest absolute Gasteiger partial charge is 0.261 e. The molecule has 0 atom stereocenters. The van der Waals surface area contributed by atoms with Crippen molar-refractivity contribution in [3.05, 3.63) is 47.8 Å². The number of hydrogen-bond acceptors (Lipinski definition) is 6. The van der Waals surface area contributed by atoms with Gasteiger partial charge in [0.15, 0.2) is 5.13 Å². The molecule has 10 heteroatoms. The number of aromatic nitrogens is 1. The predicted molar refractivity (Wildman–Crippen MR) is 113 cm³/mol. The monoisotopic (exact) mass is 449 g/mol. The highest BCUT2D eigenvalue weighted by molar-refractivity contribution is 7.89. The minimum Gasteiger partial charge on any atom is -0.496 e. The van der Waals surface area contributed by atoms with Crippen molar-refractivity contribution in [1.82, 2.24) is 9.29 Å². The number of piperidine rings is 1. The van der Waals surface area contributed by atoms with Crippen LogP contribution in [0.5, 0.6) is 5.75 Å². The standard InChI is InChI=1S/C20H20FN3O4S2/c1-28-17-8-6-14(30(26,27)24-9-3-2-4-10-24)12-15(17)19(25)23-20-22-16-7-5-13(21)11-18(16)29-20/h5-8,11-12H,2-4,9-10H2,1H3,(H,22,23,25). The number of ether oxygens (including phenoxy) is 1. The fourth-order valence-corrected chi connectivity index (χ4v) is 5.83. The molecule has 158 valence electrons. The van der Waals surface area contributed by atoms with Crippen LogP contribution in [0.4, 0.5) is 9.52 Å². The molecule has 1 fully saturated rings. The number of methoxy groups -OCH3 is 1. The molecule has 1 saturated heterocycles. The molecule has 0 radical (unpaired) electrons. The molecule has 0 aliphatic carbocycles. The van der Waals surface area contributed by atoms with Gasteiger partial charge >= 0.3 is 0 Å². The zero-order chi connectivity index (χ0) is 21.3. The van der Waals surface area contributed by atoms with Crippen LogP contribution in [0.3, 0.4) is 0 Å². The Morgan fingerprint density at radius 2 is 1.93 bits per heavy atom. The summed E-state index contributed by atoms with van der Waals surface area (Å²) < 4.78 is 46.6. The van der Waals surface area contributed by atoms with Gasteiger partial charge in [0.25, 0.3) is 5.91 Å². The Morgan fingerprint density at radius 1 is 1.17 bits per heavy atom. The van der Waals surface area contributed by atoms with Crippen LogP contribution in [0.1, 0.15) is 29.6 Å². The maximum absolute atomic E-state index is 13.4. The molecule has 30 heavy (non-hydrogen) atoms. The number of benzene rings is 2. The van der Waals surface area contributed by atoms with E-state index in [0.717, 1.165) is 30.6 Å². The largest absolute Gasteiger partial charge is 0.496 e. The summed E-state index contributed by atoms with van der Waals surface area (Å²) in [5, 5.41) is 2.94. The number of carbonyl (C=O) groups excluding carboxylic acids is 1. The second-order valence-corrected chi connectivity index (χ2v) is 9.88. The van der Waals surface area contributed by atoms with Crippen LogP contribution in [0.25, 0.3) is 10.2 Å². The van der Waals surface area contributed by atoms with Gasteiger partial charge in [-0.2, -0.15) is 4.31 Å². The van der Waals surface area contributed by atoms with Gasteiger partial charge in [-0.25, -0.2) is 17.8 Å². The summed E-state index contributed by atoms with van der Waals surface area (Å²) in [6.45, 7) is 0.941. The lowest BCUT2D eigenvalue weighted by Gasteiger charge is -2.26. The van der Waals surface area contributed by atoms with Gasteiger partial charge in [0, 0.05) is 13.1 Å². The van der Waals surface area contributed by atoms with E-state index in [2.05, 4.69) is 10.3 Å². The molecule has 0 spiro atoms. The van der Waals surface area contributed by atoms with Crippen molar-refractivity contribution in [3.8, 4) is 5.75 Å². The Morgan fingerprint density at radius 3 is 2.67 bits per heavy atom. The summed E-state index contributed by atoms with van der Waals surface area (Å²) in [4.78, 5) is 17.2. The predicted octanol–water partition coefficient (Wildman–Crippen LogP) is 3.87. The molecule has 1 aliphatic rings. The number of nitrogens with one attached hydrogen (secondary N) is 1. The Balaban J connectivity index is 1.64. The van der Waals surface area contributed by atoms with Crippen molar-refractivity contribution in [2.45, 2.75) is 24.2 Å². The van der Waals surface area contributed by atoms with E-state index in [4.69, 9.17) is 4.74 Å². The number of halogens is 1. The molecular weight excluding hydrogens is 429 g/mol. The molecule has 2 aromatic carbocycles. The van der Waals surface area contributed by atoms with Gasteiger partial charge in [0.2, 0.25) is 10.0 Å². The number of rotatable bonds is 5. The molecule has 3 aromatic rings. The molecular formula is C20H20FN3O4S2. The normalized spacial score (nSPS) is 15.3. The Kier molecular flexibility index (Phi) is 5.72.